The number of benzene rings is 1. The van der Waals surface area contributed by atoms with Crippen molar-refractivity contribution in [3.05, 3.63) is 54.1 Å². The molecule has 0 unspecified atom stereocenters. The van der Waals surface area contributed by atoms with Crippen molar-refractivity contribution in [2.45, 2.75) is 45.7 Å². The van der Waals surface area contributed by atoms with Gasteiger partial charge in [0.25, 0.3) is 0 Å². The molecule has 2 N–H and O–H groups in total. The topological polar surface area (TPSA) is 87.0 Å². The molecule has 5 heterocycles. The molecule has 40 heavy (non-hydrogen) atoms. The summed E-state index contributed by atoms with van der Waals surface area (Å²) in [6, 6.07) is 7.65. The molecular weight excluding hydrogens is 512 g/mol. The number of nitrogens with zero attached hydrogens (tertiary/aromatic N) is 7. The van der Waals surface area contributed by atoms with E-state index in [-0.39, 0.29) is 23.2 Å². The van der Waals surface area contributed by atoms with Crippen molar-refractivity contribution in [1.29, 1.82) is 0 Å². The van der Waals surface area contributed by atoms with Crippen molar-refractivity contribution < 1.29 is 8.78 Å². The number of pyridine rings is 1. The van der Waals surface area contributed by atoms with E-state index in [1.54, 1.807) is 6.07 Å². The lowest BCUT2D eigenvalue weighted by atomic mass is 10.0. The van der Waals surface area contributed by atoms with Gasteiger partial charge in [-0.3, -0.25) is 4.90 Å². The molecule has 9 nitrogen and oxygen atoms in total. The Balaban J connectivity index is 1.17. The van der Waals surface area contributed by atoms with Gasteiger partial charge in [-0.2, -0.15) is 0 Å². The predicted molar refractivity (Wildman–Crippen MR) is 153 cm³/mol. The lowest BCUT2D eigenvalue weighted by molar-refractivity contribution is 0.153. The molecule has 0 bridgehead atoms. The summed E-state index contributed by atoms with van der Waals surface area (Å²) in [5.74, 6) is 0.274. The van der Waals surface area contributed by atoms with Crippen LogP contribution >= 0.6 is 0 Å². The number of hydrogen-bond donors (Lipinski definition) is 2. The van der Waals surface area contributed by atoms with Crippen molar-refractivity contribution >= 4 is 28.5 Å². The van der Waals surface area contributed by atoms with Gasteiger partial charge >= 0.3 is 0 Å². The Morgan fingerprint density at radius 1 is 0.950 bits per heavy atom. The zero-order valence-electron chi connectivity index (χ0n) is 23.2. The van der Waals surface area contributed by atoms with Gasteiger partial charge in [0.1, 0.15) is 22.9 Å². The monoisotopic (exact) mass is 547 g/mol. The summed E-state index contributed by atoms with van der Waals surface area (Å²) in [5, 5.41) is 6.51. The average Bonchev–Trinajstić information content (AvgIpc) is 3.31. The fraction of sp³-hybridized carbons (Fsp3) is 0.448. The molecule has 0 atom stereocenters. The molecule has 6 rings (SSSR count). The van der Waals surface area contributed by atoms with Crippen molar-refractivity contribution in [2.75, 3.05) is 49.5 Å². The van der Waals surface area contributed by atoms with E-state index in [1.807, 2.05) is 43.7 Å². The molecule has 0 spiro atoms. The molecule has 0 saturated carbocycles. The molecule has 1 aromatic carbocycles. The number of imidazole rings is 1. The standard InChI is InChI=1S/C29H35F2N9/c1-18(2)40-19(3)35-28-23(30)14-20(15-25(28)40)27-24(31)17-34-29(37-27)36-26-5-4-22(16-33-26)39-12-10-38(11-13-39)21-6-8-32-9-7-21/h4-5,14-18,21,32H,6-13H2,1-3H3,(H,33,34,36,37). The number of aromatic nitrogens is 5. The van der Waals surface area contributed by atoms with Crippen LogP contribution in [0.3, 0.4) is 0 Å². The van der Waals surface area contributed by atoms with Crippen LogP contribution in [0, 0.1) is 18.6 Å². The maximum absolute atomic E-state index is 15.0. The minimum atomic E-state index is -0.636. The van der Waals surface area contributed by atoms with E-state index in [0.717, 1.165) is 51.2 Å². The third-order valence-electron chi connectivity index (χ3n) is 7.95. The second-order valence-electron chi connectivity index (χ2n) is 10.9. The maximum Gasteiger partial charge on any atom is 0.229 e. The van der Waals surface area contributed by atoms with E-state index in [4.69, 9.17) is 0 Å². The molecular formula is C29H35F2N9. The molecule has 2 aliphatic heterocycles. The molecule has 2 aliphatic rings. The van der Waals surface area contributed by atoms with Gasteiger partial charge in [0.05, 0.1) is 23.6 Å². The van der Waals surface area contributed by atoms with Gasteiger partial charge in [-0.25, -0.2) is 28.7 Å². The van der Waals surface area contributed by atoms with Crippen molar-refractivity contribution in [2.24, 2.45) is 0 Å². The fourth-order valence-corrected chi connectivity index (χ4v) is 5.97. The smallest absolute Gasteiger partial charge is 0.229 e. The number of hydrogen-bond acceptors (Lipinski definition) is 8. The van der Waals surface area contributed by atoms with Crippen LogP contribution in [0.2, 0.25) is 0 Å². The Morgan fingerprint density at radius 3 is 2.42 bits per heavy atom. The number of fused-ring (bicyclic) bond motifs is 1. The number of nitrogens with one attached hydrogen (secondary N) is 2. The molecule has 4 aromatic rings. The number of rotatable bonds is 6. The van der Waals surface area contributed by atoms with Gasteiger partial charge < -0.3 is 20.1 Å². The number of piperazine rings is 1. The quantitative estimate of drug-likeness (QED) is 0.360. The van der Waals surface area contributed by atoms with Gasteiger partial charge in [0, 0.05) is 43.8 Å². The van der Waals surface area contributed by atoms with Gasteiger partial charge in [-0.15, -0.1) is 0 Å². The summed E-state index contributed by atoms with van der Waals surface area (Å²) in [6.07, 6.45) is 5.38. The Hall–Kier alpha value is -3.70. The highest BCUT2D eigenvalue weighted by Crippen LogP contribution is 2.30. The highest BCUT2D eigenvalue weighted by Gasteiger charge is 2.25. The number of aryl methyl sites for hydroxylation is 1. The zero-order chi connectivity index (χ0) is 27.8. The maximum atomic E-state index is 15.0. The van der Waals surface area contributed by atoms with Gasteiger partial charge in [0.2, 0.25) is 5.95 Å². The van der Waals surface area contributed by atoms with E-state index in [0.29, 0.717) is 28.8 Å². The molecule has 0 amide bonds. The number of halogens is 2. The summed E-state index contributed by atoms with van der Waals surface area (Å²) in [5.41, 5.74) is 2.26. The largest absolute Gasteiger partial charge is 0.368 e. The average molecular weight is 548 g/mol. The first kappa shape index (κ1) is 26.5. The normalized spacial score (nSPS) is 17.2. The van der Waals surface area contributed by atoms with Crippen LogP contribution in [0.15, 0.2) is 36.7 Å². The Bertz CT molecular complexity index is 1490. The highest BCUT2D eigenvalue weighted by molar-refractivity contribution is 5.83. The highest BCUT2D eigenvalue weighted by atomic mass is 19.1. The van der Waals surface area contributed by atoms with E-state index >= 15 is 0 Å². The van der Waals surface area contributed by atoms with Gasteiger partial charge in [0.15, 0.2) is 11.6 Å². The Kier molecular flexibility index (Phi) is 7.33. The van der Waals surface area contributed by atoms with E-state index in [1.165, 1.54) is 18.9 Å². The second-order valence-corrected chi connectivity index (χ2v) is 10.9. The van der Waals surface area contributed by atoms with Crippen molar-refractivity contribution in [1.82, 2.24) is 34.7 Å². The molecule has 0 radical (unpaired) electrons. The SMILES string of the molecule is Cc1nc2c(F)cc(-c3nc(Nc4ccc(N5CCN(C6CCNCC6)CC5)cn4)ncc3F)cc2n1C(C)C. The molecule has 0 aliphatic carbocycles. The minimum Gasteiger partial charge on any atom is -0.368 e. The lowest BCUT2D eigenvalue weighted by Crippen LogP contribution is -2.52. The molecule has 11 heteroatoms. The van der Waals surface area contributed by atoms with E-state index < -0.39 is 11.6 Å². The van der Waals surface area contributed by atoms with Crippen LogP contribution in [-0.2, 0) is 0 Å². The second kappa shape index (κ2) is 11.1. The molecule has 3 aromatic heterocycles. The van der Waals surface area contributed by atoms with Crippen LogP contribution < -0.4 is 15.5 Å². The first-order chi connectivity index (χ1) is 19.4. The van der Waals surface area contributed by atoms with Crippen LogP contribution in [0.5, 0.6) is 0 Å². The number of anilines is 3. The molecule has 2 saturated heterocycles. The lowest BCUT2D eigenvalue weighted by Gasteiger charge is -2.41. The van der Waals surface area contributed by atoms with Crippen LogP contribution in [0.25, 0.3) is 22.3 Å². The molecule has 210 valence electrons. The Morgan fingerprint density at radius 2 is 1.73 bits per heavy atom. The third kappa shape index (κ3) is 5.23. The molecule has 2 fully saturated rings. The summed E-state index contributed by atoms with van der Waals surface area (Å²) in [7, 11) is 0. The number of piperidine rings is 1. The zero-order valence-corrected chi connectivity index (χ0v) is 23.2. The third-order valence-corrected chi connectivity index (χ3v) is 7.95. The summed E-state index contributed by atoms with van der Waals surface area (Å²) in [4.78, 5) is 22.4. The van der Waals surface area contributed by atoms with Gasteiger partial charge in [-0.05, 0) is 71.0 Å². The van der Waals surface area contributed by atoms with E-state index in [9.17, 15) is 8.78 Å². The van der Waals surface area contributed by atoms with Gasteiger partial charge in [-0.1, -0.05) is 0 Å². The van der Waals surface area contributed by atoms with Crippen LogP contribution in [0.4, 0.5) is 26.2 Å². The summed E-state index contributed by atoms with van der Waals surface area (Å²) < 4.78 is 31.8. The van der Waals surface area contributed by atoms with E-state index in [2.05, 4.69) is 40.4 Å². The minimum absolute atomic E-state index is 0.00990. The first-order valence-electron chi connectivity index (χ1n) is 14.0. The summed E-state index contributed by atoms with van der Waals surface area (Å²) >= 11 is 0. The first-order valence-corrected chi connectivity index (χ1v) is 14.0. The fourth-order valence-electron chi connectivity index (χ4n) is 5.97. The van der Waals surface area contributed by atoms with Crippen LogP contribution in [-0.4, -0.2) is 74.7 Å². The van der Waals surface area contributed by atoms with Crippen molar-refractivity contribution in [3.63, 3.8) is 0 Å². The van der Waals surface area contributed by atoms with Crippen LogP contribution in [0.1, 0.15) is 38.6 Å². The predicted octanol–water partition coefficient (Wildman–Crippen LogP) is 4.67. The van der Waals surface area contributed by atoms with Crippen molar-refractivity contribution in [3.8, 4) is 11.3 Å². The Labute approximate surface area is 232 Å². The summed E-state index contributed by atoms with van der Waals surface area (Å²) in [6.45, 7) is 12.1.